The molecule has 0 bridgehead atoms. The van der Waals surface area contributed by atoms with Crippen LogP contribution < -0.4 is 0 Å². The molecular formula is C4H8S2. The third kappa shape index (κ3) is 4.44. The van der Waals surface area contributed by atoms with E-state index >= 15 is 0 Å². The average Bonchev–Trinajstić information content (AvgIpc) is 1.35. The minimum atomic E-state index is 0.884. The highest BCUT2D eigenvalue weighted by atomic mass is 32.1. The van der Waals surface area contributed by atoms with Gasteiger partial charge in [-0.15, -0.1) is 0 Å². The molecule has 0 spiro atoms. The Balaban J connectivity index is 2.83. The normalized spacial score (nSPS) is 8.33. The molecule has 36 valence electrons. The fourth-order valence-electron chi connectivity index (χ4n) is 0.157. The predicted molar refractivity (Wildman–Crippen MR) is 36.7 cm³/mol. The molecule has 0 nitrogen and oxygen atoms in total. The first-order chi connectivity index (χ1) is 2.77. The Kier molecular flexibility index (Phi) is 3.89. The van der Waals surface area contributed by atoms with Crippen LogP contribution in [-0.4, -0.2) is 10.6 Å². The quantitative estimate of drug-likeness (QED) is 0.427. The molecule has 2 heteroatoms. The third-order valence-electron chi connectivity index (χ3n) is 0.464. The van der Waals surface area contributed by atoms with Gasteiger partial charge in [0.2, 0.25) is 0 Å². The van der Waals surface area contributed by atoms with E-state index in [9.17, 15) is 0 Å². The van der Waals surface area contributed by atoms with Gasteiger partial charge in [-0.1, -0.05) is 12.2 Å². The molecule has 0 heterocycles. The fourth-order valence-corrected chi connectivity index (χ4v) is 0.746. The van der Waals surface area contributed by atoms with Crippen LogP contribution in [0.25, 0.3) is 0 Å². The minimum absolute atomic E-state index is 0.884. The molecule has 0 N–H and O–H groups in total. The molecule has 0 aliphatic heterocycles. The van der Waals surface area contributed by atoms with E-state index in [1.54, 1.807) is 0 Å². The Morgan fingerprint density at radius 1 is 1.83 bits per heavy atom. The Bertz CT molecular complexity index is 49.5. The summed E-state index contributed by atoms with van der Waals surface area (Å²) < 4.78 is 0. The van der Waals surface area contributed by atoms with Gasteiger partial charge in [0.15, 0.2) is 0 Å². The van der Waals surface area contributed by atoms with Gasteiger partial charge in [0.05, 0.1) is 0 Å². The monoisotopic (exact) mass is 120 g/mol. The standard InChI is InChI=1S/C4H8S2/c1-4(6)2-3-5/h5H,2-3H2,1H3. The van der Waals surface area contributed by atoms with Crippen molar-refractivity contribution in [3.05, 3.63) is 0 Å². The summed E-state index contributed by atoms with van der Waals surface area (Å²) in [6, 6.07) is 0. The lowest BCUT2D eigenvalue weighted by atomic mass is 10.4. The van der Waals surface area contributed by atoms with Crippen LogP contribution in [0.4, 0.5) is 0 Å². The second-order valence-corrected chi connectivity index (χ2v) is 2.32. The summed E-state index contributed by atoms with van der Waals surface area (Å²) in [5.41, 5.74) is 0. The lowest BCUT2D eigenvalue weighted by Crippen LogP contribution is -1.84. The first kappa shape index (κ1) is 6.44. The van der Waals surface area contributed by atoms with Gasteiger partial charge in [-0.2, -0.15) is 12.6 Å². The van der Waals surface area contributed by atoms with E-state index in [4.69, 9.17) is 12.2 Å². The van der Waals surface area contributed by atoms with Crippen molar-refractivity contribution < 1.29 is 0 Å². The summed E-state index contributed by atoms with van der Waals surface area (Å²) >= 11 is 8.72. The summed E-state index contributed by atoms with van der Waals surface area (Å²) in [5.74, 6) is 0.884. The van der Waals surface area contributed by atoms with Crippen LogP contribution in [0, 0.1) is 0 Å². The van der Waals surface area contributed by atoms with E-state index in [1.807, 2.05) is 6.92 Å². The zero-order chi connectivity index (χ0) is 4.99. The molecule has 0 aromatic rings. The average molecular weight is 120 g/mol. The van der Waals surface area contributed by atoms with Gasteiger partial charge in [-0.05, 0) is 24.0 Å². The zero-order valence-corrected chi connectivity index (χ0v) is 5.48. The van der Waals surface area contributed by atoms with Gasteiger partial charge >= 0.3 is 0 Å². The maximum Gasteiger partial charge on any atom is -0.00525 e. The van der Waals surface area contributed by atoms with Crippen LogP contribution in [0.2, 0.25) is 0 Å². The summed E-state index contributed by atoms with van der Waals surface area (Å²) in [6.07, 6.45) is 0.971. The van der Waals surface area contributed by atoms with Crippen LogP contribution >= 0.6 is 24.8 Å². The highest BCUT2D eigenvalue weighted by Gasteiger charge is 1.79. The molecule has 0 radical (unpaired) electrons. The molecule has 0 fully saturated rings. The highest BCUT2D eigenvalue weighted by molar-refractivity contribution is 7.81. The predicted octanol–water partition coefficient (Wildman–Crippen LogP) is 1.70. The molecule has 0 rings (SSSR count). The zero-order valence-electron chi connectivity index (χ0n) is 3.77. The van der Waals surface area contributed by atoms with Crippen molar-refractivity contribution in [2.24, 2.45) is 0 Å². The number of hydrogen-bond donors (Lipinski definition) is 1. The molecule has 0 saturated carbocycles. The summed E-state index contributed by atoms with van der Waals surface area (Å²) in [6.45, 7) is 1.94. The van der Waals surface area contributed by atoms with Gasteiger partial charge in [0.25, 0.3) is 0 Å². The molecule has 0 aliphatic carbocycles. The van der Waals surface area contributed by atoms with Gasteiger partial charge in [-0.25, -0.2) is 0 Å². The SMILES string of the molecule is CC(=S)CCS. The Hall–Kier alpha value is 0.440. The first-order valence-corrected chi connectivity index (χ1v) is 2.91. The van der Waals surface area contributed by atoms with Gasteiger partial charge in [-0.3, -0.25) is 0 Å². The van der Waals surface area contributed by atoms with Gasteiger partial charge < -0.3 is 0 Å². The number of rotatable bonds is 2. The van der Waals surface area contributed by atoms with E-state index in [0.29, 0.717) is 0 Å². The smallest absolute Gasteiger partial charge is 0.00525 e. The van der Waals surface area contributed by atoms with E-state index < -0.39 is 0 Å². The van der Waals surface area contributed by atoms with E-state index in [1.165, 1.54) is 0 Å². The molecular weight excluding hydrogens is 112 g/mol. The molecule has 0 aromatic heterocycles. The van der Waals surface area contributed by atoms with Crippen molar-refractivity contribution in [1.29, 1.82) is 0 Å². The van der Waals surface area contributed by atoms with Crippen LogP contribution in [0.5, 0.6) is 0 Å². The Morgan fingerprint density at radius 2 is 2.33 bits per heavy atom. The second kappa shape index (κ2) is 3.62. The second-order valence-electron chi connectivity index (χ2n) is 1.18. The lowest BCUT2D eigenvalue weighted by Gasteiger charge is -1.84. The van der Waals surface area contributed by atoms with Crippen LogP contribution in [0.1, 0.15) is 13.3 Å². The van der Waals surface area contributed by atoms with E-state index in [0.717, 1.165) is 17.0 Å². The van der Waals surface area contributed by atoms with Gasteiger partial charge in [0, 0.05) is 0 Å². The summed E-state index contributed by atoms with van der Waals surface area (Å²) in [7, 11) is 0. The largest absolute Gasteiger partial charge is 0.179 e. The van der Waals surface area contributed by atoms with Crippen molar-refractivity contribution in [2.45, 2.75) is 13.3 Å². The summed E-state index contributed by atoms with van der Waals surface area (Å²) in [4.78, 5) is 1.05. The molecule has 0 aliphatic rings. The third-order valence-corrected chi connectivity index (χ3v) is 0.892. The Labute approximate surface area is 49.3 Å². The van der Waals surface area contributed by atoms with Crippen molar-refractivity contribution in [2.75, 3.05) is 5.75 Å². The highest BCUT2D eigenvalue weighted by Crippen LogP contribution is 1.85. The van der Waals surface area contributed by atoms with Crippen molar-refractivity contribution in [1.82, 2.24) is 0 Å². The Morgan fingerprint density at radius 3 is 2.33 bits per heavy atom. The number of hydrogen-bond acceptors (Lipinski definition) is 2. The molecule has 0 aromatic carbocycles. The number of thiocarbonyl (C=S) groups is 1. The minimum Gasteiger partial charge on any atom is -0.179 e. The number of thiol groups is 1. The first-order valence-electron chi connectivity index (χ1n) is 1.87. The van der Waals surface area contributed by atoms with Gasteiger partial charge in [0.1, 0.15) is 0 Å². The van der Waals surface area contributed by atoms with Crippen LogP contribution in [0.3, 0.4) is 0 Å². The fraction of sp³-hybridized carbons (Fsp3) is 0.750. The molecule has 0 unspecified atom stereocenters. The van der Waals surface area contributed by atoms with Crippen molar-refractivity contribution >= 4 is 29.7 Å². The topological polar surface area (TPSA) is 0 Å². The maximum absolute atomic E-state index is 4.75. The van der Waals surface area contributed by atoms with Crippen molar-refractivity contribution in [3.63, 3.8) is 0 Å². The van der Waals surface area contributed by atoms with E-state index in [-0.39, 0.29) is 0 Å². The molecule has 0 amide bonds. The maximum atomic E-state index is 4.75. The molecule has 0 saturated heterocycles. The van der Waals surface area contributed by atoms with E-state index in [2.05, 4.69) is 12.6 Å². The van der Waals surface area contributed by atoms with Crippen molar-refractivity contribution in [3.8, 4) is 0 Å². The lowest BCUT2D eigenvalue weighted by molar-refractivity contribution is 1.34. The van der Waals surface area contributed by atoms with Crippen LogP contribution in [0.15, 0.2) is 0 Å². The molecule has 0 atom stereocenters. The van der Waals surface area contributed by atoms with Crippen LogP contribution in [-0.2, 0) is 0 Å². The molecule has 6 heavy (non-hydrogen) atoms. The summed E-state index contributed by atoms with van der Waals surface area (Å²) in [5, 5.41) is 0.